The molecule has 0 N–H and O–H groups in total. The Hall–Kier alpha value is -4.27. The lowest BCUT2D eigenvalue weighted by molar-refractivity contribution is 0.296. The maximum absolute atomic E-state index is 14.5. The van der Waals surface area contributed by atoms with Crippen molar-refractivity contribution in [1.29, 1.82) is 0 Å². The van der Waals surface area contributed by atoms with Gasteiger partial charge in [0.2, 0.25) is 0 Å². The van der Waals surface area contributed by atoms with E-state index in [9.17, 15) is 4.57 Å². The maximum atomic E-state index is 14.5. The van der Waals surface area contributed by atoms with Gasteiger partial charge < -0.3 is 13.6 Å². The Bertz CT molecular complexity index is 1500. The van der Waals surface area contributed by atoms with Crippen molar-refractivity contribution in [3.8, 4) is 17.2 Å². The summed E-state index contributed by atoms with van der Waals surface area (Å²) in [5, 5.41) is 0. The molecule has 0 unspecified atom stereocenters. The molecule has 208 valence electrons. The molecule has 0 spiro atoms. The van der Waals surface area contributed by atoms with Crippen LogP contribution in [0.1, 0.15) is 33.4 Å². The smallest absolute Gasteiger partial charge is 0.386 e. The first-order valence-electron chi connectivity index (χ1n) is 14.0. The van der Waals surface area contributed by atoms with Crippen LogP contribution in [0, 0.1) is 13.8 Å². The number of para-hydroxylation sites is 1. The molecule has 0 aliphatic carbocycles. The number of hydrogen-bond donors (Lipinski definition) is 0. The van der Waals surface area contributed by atoms with E-state index in [1.165, 1.54) is 11.1 Å². The van der Waals surface area contributed by atoms with E-state index in [0.29, 0.717) is 17.2 Å². The largest absolute Gasteiger partial charge is 0.647 e. The Kier molecular flexibility index (Phi) is 9.23. The third kappa shape index (κ3) is 7.68. The molecular formula is C36H35O4P. The molecular weight excluding hydrogens is 527 g/mol. The highest BCUT2D eigenvalue weighted by atomic mass is 31.2. The molecule has 0 bridgehead atoms. The van der Waals surface area contributed by atoms with Gasteiger partial charge in [-0.25, -0.2) is 0 Å². The fourth-order valence-corrected chi connectivity index (χ4v) is 6.21. The Balaban J connectivity index is 1.46. The second-order valence-corrected chi connectivity index (χ2v) is 11.6. The van der Waals surface area contributed by atoms with Gasteiger partial charge in [0.25, 0.3) is 0 Å². The lowest BCUT2D eigenvalue weighted by Gasteiger charge is -2.23. The summed E-state index contributed by atoms with van der Waals surface area (Å²) in [6.07, 6.45) is 3.11. The number of phosphoric acid groups is 1. The van der Waals surface area contributed by atoms with Gasteiger partial charge in [-0.3, -0.25) is 0 Å². The van der Waals surface area contributed by atoms with Gasteiger partial charge in [0.05, 0.1) is 0 Å². The lowest BCUT2D eigenvalue weighted by atomic mass is 10.00. The molecule has 0 aromatic heterocycles. The van der Waals surface area contributed by atoms with Gasteiger partial charge in [-0.1, -0.05) is 103 Å². The highest BCUT2D eigenvalue weighted by Gasteiger charge is 2.35. The number of hydrogen-bond acceptors (Lipinski definition) is 4. The van der Waals surface area contributed by atoms with Crippen molar-refractivity contribution < 1.29 is 18.1 Å². The van der Waals surface area contributed by atoms with Gasteiger partial charge in [0, 0.05) is 0 Å². The molecule has 41 heavy (non-hydrogen) atoms. The van der Waals surface area contributed by atoms with Crippen molar-refractivity contribution in [3.63, 3.8) is 0 Å². The number of rotatable bonds is 12. The number of aryl methyl sites for hydroxylation is 4. The Morgan fingerprint density at radius 3 is 1.32 bits per heavy atom. The minimum absolute atomic E-state index is 0.410. The van der Waals surface area contributed by atoms with Crippen LogP contribution in [0.25, 0.3) is 0 Å². The van der Waals surface area contributed by atoms with Crippen LogP contribution < -0.4 is 13.6 Å². The summed E-state index contributed by atoms with van der Waals surface area (Å²) in [6.45, 7) is 4.08. The van der Waals surface area contributed by atoms with E-state index in [2.05, 4.69) is 24.3 Å². The standard InChI is InChI=1S/C36H35O4P/c1-28-14-12-22-35(33(28)26-24-30-16-6-3-7-17-30)39-41(37,38-32-20-10-5-11-21-32)40-36-23-13-15-29(2)34(36)27-25-31-18-8-4-9-19-31/h3-23H,24-27H2,1-2H3. The van der Waals surface area contributed by atoms with E-state index >= 15 is 0 Å². The minimum atomic E-state index is -4.17. The van der Waals surface area contributed by atoms with E-state index in [1.54, 1.807) is 12.1 Å². The van der Waals surface area contributed by atoms with Crippen LogP contribution in [0.2, 0.25) is 0 Å². The fraction of sp³-hybridized carbons (Fsp3) is 0.167. The molecule has 0 saturated carbocycles. The summed E-state index contributed by atoms with van der Waals surface area (Å²) < 4.78 is 33.1. The van der Waals surface area contributed by atoms with E-state index < -0.39 is 7.82 Å². The second kappa shape index (κ2) is 13.4. The number of benzene rings is 5. The lowest BCUT2D eigenvalue weighted by Crippen LogP contribution is -2.11. The number of phosphoric ester groups is 1. The molecule has 5 aromatic rings. The molecule has 4 nitrogen and oxygen atoms in total. The monoisotopic (exact) mass is 562 g/mol. The second-order valence-electron chi connectivity index (χ2n) is 10.1. The molecule has 0 aliphatic heterocycles. The quantitative estimate of drug-likeness (QED) is 0.142. The molecule has 0 saturated heterocycles. The van der Waals surface area contributed by atoms with Crippen molar-refractivity contribution in [3.05, 3.63) is 161 Å². The van der Waals surface area contributed by atoms with Gasteiger partial charge >= 0.3 is 7.82 Å². The van der Waals surface area contributed by atoms with E-state index in [1.807, 2.05) is 105 Å². The van der Waals surface area contributed by atoms with Gasteiger partial charge in [0.15, 0.2) is 0 Å². The first-order valence-corrected chi connectivity index (χ1v) is 15.4. The van der Waals surface area contributed by atoms with Gasteiger partial charge in [-0.15, -0.1) is 0 Å². The molecule has 5 aromatic carbocycles. The summed E-state index contributed by atoms with van der Waals surface area (Å²) in [5.74, 6) is 1.41. The topological polar surface area (TPSA) is 44.8 Å². The van der Waals surface area contributed by atoms with Crippen LogP contribution in [-0.4, -0.2) is 0 Å². The van der Waals surface area contributed by atoms with Crippen molar-refractivity contribution in [2.75, 3.05) is 0 Å². The highest BCUT2D eigenvalue weighted by Crippen LogP contribution is 2.51. The van der Waals surface area contributed by atoms with Crippen molar-refractivity contribution in [2.24, 2.45) is 0 Å². The zero-order chi connectivity index (χ0) is 28.5. The molecule has 0 fully saturated rings. The molecule has 0 atom stereocenters. The SMILES string of the molecule is Cc1cccc(OP(=O)(Oc2ccccc2)Oc2cccc(C)c2CCc2ccccc2)c1CCc1ccccc1. The highest BCUT2D eigenvalue weighted by molar-refractivity contribution is 7.49. The van der Waals surface area contributed by atoms with Crippen LogP contribution in [0.3, 0.4) is 0 Å². The van der Waals surface area contributed by atoms with Crippen LogP contribution in [0.4, 0.5) is 0 Å². The molecule has 5 rings (SSSR count). The third-order valence-corrected chi connectivity index (χ3v) is 8.40. The average molecular weight is 563 g/mol. The average Bonchev–Trinajstić information content (AvgIpc) is 2.98. The predicted octanol–water partition coefficient (Wildman–Crippen LogP) is 9.52. The van der Waals surface area contributed by atoms with Crippen molar-refractivity contribution in [1.82, 2.24) is 0 Å². The zero-order valence-electron chi connectivity index (χ0n) is 23.5. The van der Waals surface area contributed by atoms with Gasteiger partial charge in [0.1, 0.15) is 17.2 Å². The zero-order valence-corrected chi connectivity index (χ0v) is 24.4. The van der Waals surface area contributed by atoms with E-state index in [4.69, 9.17) is 13.6 Å². The summed E-state index contributed by atoms with van der Waals surface area (Å²) >= 11 is 0. The van der Waals surface area contributed by atoms with Gasteiger partial charge in [-0.05, 0) is 97.2 Å². The predicted molar refractivity (Wildman–Crippen MR) is 166 cm³/mol. The molecule has 0 radical (unpaired) electrons. The van der Waals surface area contributed by atoms with E-state index in [0.717, 1.165) is 47.9 Å². The van der Waals surface area contributed by atoms with Crippen LogP contribution >= 0.6 is 7.82 Å². The Labute approximate surface area is 243 Å². The summed E-state index contributed by atoms with van der Waals surface area (Å²) in [6, 6.07) is 41.2. The summed E-state index contributed by atoms with van der Waals surface area (Å²) in [4.78, 5) is 0. The minimum Gasteiger partial charge on any atom is -0.386 e. The van der Waals surface area contributed by atoms with E-state index in [-0.39, 0.29) is 0 Å². The van der Waals surface area contributed by atoms with Gasteiger partial charge in [-0.2, -0.15) is 4.57 Å². The fourth-order valence-electron chi connectivity index (χ4n) is 4.90. The molecule has 0 heterocycles. The van der Waals surface area contributed by atoms with Crippen LogP contribution in [0.15, 0.2) is 127 Å². The molecule has 0 aliphatic rings. The maximum Gasteiger partial charge on any atom is 0.647 e. The van der Waals surface area contributed by atoms with Crippen LogP contribution in [-0.2, 0) is 30.2 Å². The Morgan fingerprint density at radius 2 is 0.878 bits per heavy atom. The molecule has 0 amide bonds. The Morgan fingerprint density at radius 1 is 0.463 bits per heavy atom. The summed E-state index contributed by atoms with van der Waals surface area (Å²) in [7, 11) is -4.17. The first-order chi connectivity index (χ1) is 20.0. The van der Waals surface area contributed by atoms with Crippen LogP contribution in [0.5, 0.6) is 17.2 Å². The first kappa shape index (κ1) is 28.3. The normalized spacial score (nSPS) is 11.2. The summed E-state index contributed by atoms with van der Waals surface area (Å²) in [5.41, 5.74) is 6.53. The van der Waals surface area contributed by atoms with Crippen molar-refractivity contribution in [2.45, 2.75) is 39.5 Å². The van der Waals surface area contributed by atoms with Crippen molar-refractivity contribution >= 4 is 7.82 Å². The molecule has 5 heteroatoms. The third-order valence-electron chi connectivity index (χ3n) is 7.13.